The molecule has 0 atom stereocenters. The fourth-order valence-electron chi connectivity index (χ4n) is 1.78. The highest BCUT2D eigenvalue weighted by molar-refractivity contribution is 7.98. The number of ether oxygens (including phenoxy) is 1. The molecular formula is C16H16N2O3S. The third kappa shape index (κ3) is 5.49. The van der Waals surface area contributed by atoms with Gasteiger partial charge in [0.05, 0.1) is 6.42 Å². The van der Waals surface area contributed by atoms with E-state index in [1.54, 1.807) is 0 Å². The number of nitrogens with one attached hydrogen (secondary N) is 1. The first-order valence-electron chi connectivity index (χ1n) is 6.64. The van der Waals surface area contributed by atoms with Gasteiger partial charge in [-0.3, -0.25) is 9.52 Å². The van der Waals surface area contributed by atoms with Crippen LogP contribution in [0.15, 0.2) is 59.5 Å². The first-order chi connectivity index (χ1) is 10.6. The van der Waals surface area contributed by atoms with Crippen LogP contribution in [-0.2, 0) is 22.6 Å². The molecule has 0 aliphatic carbocycles. The molecule has 5 nitrogen and oxygen atoms in total. The number of carbonyl (C=O) groups excluding carboxylic acids is 2. The molecule has 6 heteroatoms. The Morgan fingerprint density at radius 3 is 2.50 bits per heavy atom. The largest absolute Gasteiger partial charge is 0.461 e. The van der Waals surface area contributed by atoms with E-state index in [0.29, 0.717) is 0 Å². The van der Waals surface area contributed by atoms with E-state index in [4.69, 9.17) is 10.5 Å². The number of nitrogens with two attached hydrogens (primary N) is 1. The molecule has 3 N–H and O–H groups in total. The van der Waals surface area contributed by atoms with E-state index in [0.717, 1.165) is 28.0 Å². The van der Waals surface area contributed by atoms with Crippen LogP contribution >= 0.6 is 11.9 Å². The van der Waals surface area contributed by atoms with E-state index < -0.39 is 6.03 Å². The Kier molecular flexibility index (Phi) is 5.85. The third-order valence-corrected chi connectivity index (χ3v) is 3.55. The molecule has 0 saturated heterocycles. The summed E-state index contributed by atoms with van der Waals surface area (Å²) in [6, 6.07) is 16.2. The summed E-state index contributed by atoms with van der Waals surface area (Å²) >= 11 is 1.10. The smallest absolute Gasteiger partial charge is 0.322 e. The average Bonchev–Trinajstić information content (AvgIpc) is 2.52. The summed E-state index contributed by atoms with van der Waals surface area (Å²) in [7, 11) is 0. The molecule has 0 aliphatic rings. The second kappa shape index (κ2) is 8.09. The van der Waals surface area contributed by atoms with Crippen LogP contribution in [0, 0.1) is 0 Å². The standard InChI is InChI=1S/C16H16N2O3S/c17-16(20)18-22-14-8-4-7-13(9-14)10-15(19)21-11-12-5-2-1-3-6-12/h1-9H,10-11H2,(H3,17,18,20). The van der Waals surface area contributed by atoms with Crippen molar-refractivity contribution in [2.45, 2.75) is 17.9 Å². The van der Waals surface area contributed by atoms with Gasteiger partial charge in [0.1, 0.15) is 6.61 Å². The highest BCUT2D eigenvalue weighted by Crippen LogP contribution is 2.16. The van der Waals surface area contributed by atoms with Crippen molar-refractivity contribution < 1.29 is 14.3 Å². The molecule has 0 fully saturated rings. The van der Waals surface area contributed by atoms with Gasteiger partial charge in [-0.25, -0.2) is 4.79 Å². The second-order valence-corrected chi connectivity index (χ2v) is 5.42. The summed E-state index contributed by atoms with van der Waals surface area (Å²) in [5, 5.41) is 0. The van der Waals surface area contributed by atoms with Crippen molar-refractivity contribution in [3.05, 3.63) is 65.7 Å². The Labute approximate surface area is 133 Å². The molecule has 0 radical (unpaired) electrons. The van der Waals surface area contributed by atoms with Crippen molar-refractivity contribution in [1.82, 2.24) is 4.72 Å². The Morgan fingerprint density at radius 1 is 1.05 bits per heavy atom. The number of esters is 1. The van der Waals surface area contributed by atoms with E-state index in [1.165, 1.54) is 0 Å². The van der Waals surface area contributed by atoms with Crippen LogP contribution in [0.1, 0.15) is 11.1 Å². The minimum Gasteiger partial charge on any atom is -0.461 e. The average molecular weight is 316 g/mol. The molecule has 22 heavy (non-hydrogen) atoms. The zero-order valence-corrected chi connectivity index (χ0v) is 12.6. The number of rotatable bonds is 6. The fraction of sp³-hybridized carbons (Fsp3) is 0.125. The number of amides is 2. The quantitative estimate of drug-likeness (QED) is 0.634. The van der Waals surface area contributed by atoms with E-state index >= 15 is 0 Å². The van der Waals surface area contributed by atoms with Crippen molar-refractivity contribution >= 4 is 23.9 Å². The number of hydrogen-bond acceptors (Lipinski definition) is 4. The van der Waals surface area contributed by atoms with Crippen LogP contribution in [-0.4, -0.2) is 12.0 Å². The first-order valence-corrected chi connectivity index (χ1v) is 7.46. The van der Waals surface area contributed by atoms with Crippen LogP contribution < -0.4 is 10.5 Å². The molecule has 2 aromatic rings. The highest BCUT2D eigenvalue weighted by Gasteiger charge is 2.06. The Balaban J connectivity index is 1.85. The molecule has 0 heterocycles. The van der Waals surface area contributed by atoms with Crippen LogP contribution in [0.25, 0.3) is 0 Å². The summed E-state index contributed by atoms with van der Waals surface area (Å²) < 4.78 is 7.66. The van der Waals surface area contributed by atoms with E-state index in [9.17, 15) is 9.59 Å². The first kappa shape index (κ1) is 15.9. The lowest BCUT2D eigenvalue weighted by molar-refractivity contribution is -0.144. The Bertz CT molecular complexity index is 647. The SMILES string of the molecule is NC(=O)NSc1cccc(CC(=O)OCc2ccccc2)c1. The van der Waals surface area contributed by atoms with Gasteiger partial charge >= 0.3 is 12.0 Å². The van der Waals surface area contributed by atoms with Gasteiger partial charge in [-0.1, -0.05) is 42.5 Å². The van der Waals surface area contributed by atoms with E-state index in [1.807, 2.05) is 54.6 Å². The van der Waals surface area contributed by atoms with Crippen molar-refractivity contribution in [3.8, 4) is 0 Å². The molecule has 0 aliphatic heterocycles. The van der Waals surface area contributed by atoms with Crippen LogP contribution in [0.5, 0.6) is 0 Å². The van der Waals surface area contributed by atoms with Gasteiger partial charge in [-0.15, -0.1) is 0 Å². The normalized spacial score (nSPS) is 10.0. The van der Waals surface area contributed by atoms with Crippen molar-refractivity contribution in [3.63, 3.8) is 0 Å². The summed E-state index contributed by atoms with van der Waals surface area (Å²) in [5.74, 6) is -0.297. The zero-order valence-electron chi connectivity index (χ0n) is 11.8. The maximum atomic E-state index is 11.8. The molecule has 0 unspecified atom stereocenters. The van der Waals surface area contributed by atoms with Crippen LogP contribution in [0.4, 0.5) is 4.79 Å². The summed E-state index contributed by atoms with van der Waals surface area (Å²) in [5.41, 5.74) is 6.77. The molecule has 2 aromatic carbocycles. The minimum absolute atomic E-state index is 0.178. The molecule has 2 amide bonds. The predicted octanol–water partition coefficient (Wildman–Crippen LogP) is 2.65. The van der Waals surface area contributed by atoms with E-state index in [-0.39, 0.29) is 19.0 Å². The molecule has 0 bridgehead atoms. The molecule has 0 saturated carbocycles. The molecule has 2 rings (SSSR count). The van der Waals surface area contributed by atoms with Gasteiger partial charge in [0.15, 0.2) is 0 Å². The van der Waals surface area contributed by atoms with Gasteiger partial charge in [-0.05, 0) is 35.2 Å². The Morgan fingerprint density at radius 2 is 1.77 bits per heavy atom. The lowest BCUT2D eigenvalue weighted by Gasteiger charge is -2.06. The predicted molar refractivity (Wildman–Crippen MR) is 85.0 cm³/mol. The van der Waals surface area contributed by atoms with Gasteiger partial charge < -0.3 is 10.5 Å². The Hall–Kier alpha value is -2.47. The van der Waals surface area contributed by atoms with Crippen molar-refractivity contribution in [2.24, 2.45) is 5.73 Å². The van der Waals surface area contributed by atoms with Gasteiger partial charge in [0, 0.05) is 4.90 Å². The summed E-state index contributed by atoms with van der Waals surface area (Å²) in [4.78, 5) is 23.3. The van der Waals surface area contributed by atoms with Gasteiger partial charge in [-0.2, -0.15) is 0 Å². The third-order valence-electron chi connectivity index (χ3n) is 2.76. The van der Waals surface area contributed by atoms with Crippen molar-refractivity contribution in [1.29, 1.82) is 0 Å². The molecule has 114 valence electrons. The number of hydrogen-bond donors (Lipinski definition) is 2. The monoisotopic (exact) mass is 316 g/mol. The lowest BCUT2D eigenvalue weighted by atomic mass is 10.1. The minimum atomic E-state index is -0.613. The molecule has 0 spiro atoms. The summed E-state index contributed by atoms with van der Waals surface area (Å²) in [6.07, 6.45) is 0.178. The molecular weight excluding hydrogens is 300 g/mol. The summed E-state index contributed by atoms with van der Waals surface area (Å²) in [6.45, 7) is 0.261. The van der Waals surface area contributed by atoms with Gasteiger partial charge in [0.25, 0.3) is 0 Å². The highest BCUT2D eigenvalue weighted by atomic mass is 32.2. The van der Waals surface area contributed by atoms with Crippen molar-refractivity contribution in [2.75, 3.05) is 0 Å². The van der Waals surface area contributed by atoms with E-state index in [2.05, 4.69) is 4.72 Å². The number of primary amides is 1. The fourth-order valence-corrected chi connectivity index (χ4v) is 2.36. The maximum Gasteiger partial charge on any atom is 0.322 e. The lowest BCUT2D eigenvalue weighted by Crippen LogP contribution is -2.22. The number of benzene rings is 2. The topological polar surface area (TPSA) is 81.4 Å². The van der Waals surface area contributed by atoms with Crippen LogP contribution in [0.2, 0.25) is 0 Å². The second-order valence-electron chi connectivity index (χ2n) is 4.54. The van der Waals surface area contributed by atoms with Gasteiger partial charge in [0.2, 0.25) is 0 Å². The number of urea groups is 1. The number of carbonyl (C=O) groups is 2. The van der Waals surface area contributed by atoms with Crippen LogP contribution in [0.3, 0.4) is 0 Å². The maximum absolute atomic E-state index is 11.8. The molecule has 0 aromatic heterocycles. The zero-order chi connectivity index (χ0) is 15.8.